The Labute approximate surface area is 119 Å². The zero-order chi connectivity index (χ0) is 13.0. The Balaban J connectivity index is 1.95. The highest BCUT2D eigenvalue weighted by Crippen LogP contribution is 2.23. The number of nitrogens with zero attached hydrogens (tertiary/aromatic N) is 2. The van der Waals surface area contributed by atoms with Gasteiger partial charge in [0.05, 0.1) is 15.3 Å². The lowest BCUT2D eigenvalue weighted by Gasteiger charge is -2.20. The fourth-order valence-electron chi connectivity index (χ4n) is 2.12. The number of hydrogen-bond donors (Lipinski definition) is 1. The quantitative estimate of drug-likeness (QED) is 0.915. The van der Waals surface area contributed by atoms with Crippen molar-refractivity contribution in [3.63, 3.8) is 0 Å². The van der Waals surface area contributed by atoms with Crippen molar-refractivity contribution in [1.82, 2.24) is 9.80 Å². The van der Waals surface area contributed by atoms with Gasteiger partial charge in [-0.05, 0) is 41.0 Å². The van der Waals surface area contributed by atoms with Gasteiger partial charge >= 0.3 is 0 Å². The van der Waals surface area contributed by atoms with Gasteiger partial charge in [0.1, 0.15) is 0 Å². The van der Waals surface area contributed by atoms with Crippen LogP contribution >= 0.6 is 27.3 Å². The second-order valence-electron chi connectivity index (χ2n) is 4.31. The lowest BCUT2D eigenvalue weighted by Crippen LogP contribution is -2.35. The normalized spacial score (nSPS) is 17.8. The van der Waals surface area contributed by atoms with Crippen molar-refractivity contribution in [3.05, 3.63) is 20.8 Å². The molecule has 1 aliphatic heterocycles. The highest BCUT2D eigenvalue weighted by molar-refractivity contribution is 9.11. The third-order valence-electron chi connectivity index (χ3n) is 3.08. The molecule has 0 spiro atoms. The molecule has 1 aliphatic rings. The highest BCUT2D eigenvalue weighted by atomic mass is 79.9. The standard InChI is InChI=1S/C12H17BrN2O2S/c13-11-3-2-10(18-11)12(17)15-5-1-4-14(6-7-15)8-9-16/h2-3,16H,1,4-9H2. The molecule has 0 atom stereocenters. The Bertz CT molecular complexity index is 411. The molecule has 18 heavy (non-hydrogen) atoms. The number of amides is 1. The zero-order valence-corrected chi connectivity index (χ0v) is 12.5. The Morgan fingerprint density at radius 2 is 2.17 bits per heavy atom. The van der Waals surface area contributed by atoms with Crippen LogP contribution < -0.4 is 0 Å². The number of rotatable bonds is 3. The van der Waals surface area contributed by atoms with Crippen LogP contribution in [-0.2, 0) is 0 Å². The van der Waals surface area contributed by atoms with Gasteiger partial charge in [0.25, 0.3) is 5.91 Å². The van der Waals surface area contributed by atoms with E-state index in [-0.39, 0.29) is 12.5 Å². The smallest absolute Gasteiger partial charge is 0.264 e. The van der Waals surface area contributed by atoms with Crippen LogP contribution in [0, 0.1) is 0 Å². The van der Waals surface area contributed by atoms with E-state index in [1.54, 1.807) is 0 Å². The number of thiophene rings is 1. The summed E-state index contributed by atoms with van der Waals surface area (Å²) in [7, 11) is 0. The Morgan fingerprint density at radius 3 is 2.83 bits per heavy atom. The van der Waals surface area contributed by atoms with Gasteiger partial charge in [-0.1, -0.05) is 0 Å². The van der Waals surface area contributed by atoms with E-state index in [1.165, 1.54) is 11.3 Å². The molecule has 1 saturated heterocycles. The monoisotopic (exact) mass is 332 g/mol. The number of halogens is 1. The van der Waals surface area contributed by atoms with E-state index in [2.05, 4.69) is 20.8 Å². The average Bonchev–Trinajstić information content (AvgIpc) is 2.65. The van der Waals surface area contributed by atoms with Crippen LogP contribution in [0.15, 0.2) is 15.9 Å². The van der Waals surface area contributed by atoms with Gasteiger partial charge in [0, 0.05) is 26.2 Å². The summed E-state index contributed by atoms with van der Waals surface area (Å²) in [6.07, 6.45) is 0.971. The molecule has 1 aromatic heterocycles. The summed E-state index contributed by atoms with van der Waals surface area (Å²) in [5.74, 6) is 0.122. The molecule has 0 aromatic carbocycles. The molecule has 1 N–H and O–H groups in total. The van der Waals surface area contributed by atoms with Crippen LogP contribution in [-0.4, -0.2) is 60.1 Å². The highest BCUT2D eigenvalue weighted by Gasteiger charge is 2.20. The lowest BCUT2D eigenvalue weighted by molar-refractivity contribution is 0.0765. The minimum atomic E-state index is 0.122. The van der Waals surface area contributed by atoms with E-state index in [1.807, 2.05) is 17.0 Å². The van der Waals surface area contributed by atoms with Crippen molar-refractivity contribution in [1.29, 1.82) is 0 Å². The van der Waals surface area contributed by atoms with E-state index < -0.39 is 0 Å². The van der Waals surface area contributed by atoms with Crippen molar-refractivity contribution >= 4 is 33.2 Å². The molecule has 0 unspecified atom stereocenters. The third kappa shape index (κ3) is 3.54. The van der Waals surface area contributed by atoms with Gasteiger partial charge in [-0.25, -0.2) is 0 Å². The zero-order valence-electron chi connectivity index (χ0n) is 10.1. The topological polar surface area (TPSA) is 43.8 Å². The summed E-state index contributed by atoms with van der Waals surface area (Å²) in [6, 6.07) is 3.78. The average molecular weight is 333 g/mol. The Kier molecular flexibility index (Phi) is 5.17. The number of carbonyl (C=O) groups is 1. The molecule has 2 rings (SSSR count). The molecule has 0 radical (unpaired) electrons. The molecule has 0 aliphatic carbocycles. The lowest BCUT2D eigenvalue weighted by atomic mass is 10.3. The first-order valence-electron chi connectivity index (χ1n) is 6.08. The molecule has 1 amide bonds. The summed E-state index contributed by atoms with van der Waals surface area (Å²) < 4.78 is 0.988. The first-order valence-corrected chi connectivity index (χ1v) is 7.69. The molecule has 1 fully saturated rings. The van der Waals surface area contributed by atoms with Crippen molar-refractivity contribution in [3.8, 4) is 0 Å². The van der Waals surface area contributed by atoms with Crippen molar-refractivity contribution in [2.24, 2.45) is 0 Å². The van der Waals surface area contributed by atoms with Crippen molar-refractivity contribution < 1.29 is 9.90 Å². The molecule has 2 heterocycles. The van der Waals surface area contributed by atoms with Crippen LogP contribution in [0.25, 0.3) is 0 Å². The summed E-state index contributed by atoms with van der Waals surface area (Å²) in [6.45, 7) is 4.24. The van der Waals surface area contributed by atoms with E-state index in [0.29, 0.717) is 6.54 Å². The van der Waals surface area contributed by atoms with E-state index in [0.717, 1.165) is 41.3 Å². The van der Waals surface area contributed by atoms with Gasteiger partial charge in [-0.3, -0.25) is 9.69 Å². The first-order chi connectivity index (χ1) is 8.70. The fourth-order valence-corrected chi connectivity index (χ4v) is 3.48. The predicted octanol–water partition coefficient (Wildman–Crippen LogP) is 1.65. The molecular formula is C12H17BrN2O2S. The fraction of sp³-hybridized carbons (Fsp3) is 0.583. The van der Waals surface area contributed by atoms with Gasteiger partial charge in [-0.2, -0.15) is 0 Å². The van der Waals surface area contributed by atoms with E-state index >= 15 is 0 Å². The maximum absolute atomic E-state index is 12.3. The number of β-amino-alcohol motifs (C(OH)–C–C–N with tert-alkyl or cyclic N) is 1. The predicted molar refractivity (Wildman–Crippen MR) is 76.1 cm³/mol. The molecule has 100 valence electrons. The number of aliphatic hydroxyl groups excluding tert-OH is 1. The first kappa shape index (κ1) is 14.0. The summed E-state index contributed by atoms with van der Waals surface area (Å²) in [5, 5.41) is 8.94. The minimum Gasteiger partial charge on any atom is -0.395 e. The summed E-state index contributed by atoms with van der Waals surface area (Å²) in [4.78, 5) is 17.2. The van der Waals surface area contributed by atoms with Crippen molar-refractivity contribution in [2.45, 2.75) is 6.42 Å². The van der Waals surface area contributed by atoms with Crippen LogP contribution in [0.4, 0.5) is 0 Å². The third-order valence-corrected chi connectivity index (χ3v) is 4.69. The molecule has 4 nitrogen and oxygen atoms in total. The number of carbonyl (C=O) groups excluding carboxylic acids is 1. The Hall–Kier alpha value is -0.430. The molecule has 0 saturated carbocycles. The van der Waals surface area contributed by atoms with Gasteiger partial charge in [0.15, 0.2) is 0 Å². The van der Waals surface area contributed by atoms with Gasteiger partial charge < -0.3 is 10.0 Å². The van der Waals surface area contributed by atoms with E-state index in [4.69, 9.17) is 5.11 Å². The van der Waals surface area contributed by atoms with Crippen LogP contribution in [0.1, 0.15) is 16.1 Å². The molecule has 0 bridgehead atoms. The van der Waals surface area contributed by atoms with Gasteiger partial charge in [-0.15, -0.1) is 11.3 Å². The Morgan fingerprint density at radius 1 is 1.33 bits per heavy atom. The van der Waals surface area contributed by atoms with Crippen LogP contribution in [0.3, 0.4) is 0 Å². The summed E-state index contributed by atoms with van der Waals surface area (Å²) in [5.41, 5.74) is 0. The SMILES string of the molecule is O=C(c1ccc(Br)s1)N1CCCN(CCO)CC1. The van der Waals surface area contributed by atoms with E-state index in [9.17, 15) is 4.79 Å². The maximum atomic E-state index is 12.3. The largest absolute Gasteiger partial charge is 0.395 e. The second kappa shape index (κ2) is 6.65. The molecule has 6 heteroatoms. The molecular weight excluding hydrogens is 316 g/mol. The minimum absolute atomic E-state index is 0.122. The van der Waals surface area contributed by atoms with Crippen LogP contribution in [0.2, 0.25) is 0 Å². The van der Waals surface area contributed by atoms with Crippen molar-refractivity contribution in [2.75, 3.05) is 39.3 Å². The van der Waals surface area contributed by atoms with Crippen LogP contribution in [0.5, 0.6) is 0 Å². The summed E-state index contributed by atoms with van der Waals surface area (Å²) >= 11 is 4.86. The second-order valence-corrected chi connectivity index (χ2v) is 6.78. The number of hydrogen-bond acceptors (Lipinski definition) is 4. The number of aliphatic hydroxyl groups is 1. The molecule has 1 aromatic rings. The van der Waals surface area contributed by atoms with Gasteiger partial charge in [0.2, 0.25) is 0 Å². The maximum Gasteiger partial charge on any atom is 0.264 e.